The maximum absolute atomic E-state index is 11.9. The number of aliphatic hydroxyl groups excluding tert-OH is 1. The van der Waals surface area contributed by atoms with Crippen LogP contribution in [-0.2, 0) is 0 Å². The molecule has 134 valence electrons. The van der Waals surface area contributed by atoms with E-state index in [2.05, 4.69) is 10.5 Å². The van der Waals surface area contributed by atoms with E-state index in [1.165, 1.54) is 25.5 Å². The first-order chi connectivity index (χ1) is 12.1. The highest BCUT2D eigenvalue weighted by Crippen LogP contribution is 2.23. The molecule has 0 aliphatic rings. The summed E-state index contributed by atoms with van der Waals surface area (Å²) in [6, 6.07) is 11.5. The Balaban J connectivity index is 0.000000970. The average Bonchev–Trinajstić information content (AvgIpc) is 2.62. The molecule has 0 radical (unpaired) electrons. The van der Waals surface area contributed by atoms with E-state index in [1.54, 1.807) is 44.4 Å². The number of aromatic hydroxyl groups is 1. The van der Waals surface area contributed by atoms with Crippen LogP contribution in [0.1, 0.15) is 22.8 Å². The van der Waals surface area contributed by atoms with Crippen molar-refractivity contribution in [2.24, 2.45) is 5.10 Å². The van der Waals surface area contributed by atoms with Crippen molar-refractivity contribution in [2.75, 3.05) is 20.8 Å². The molecule has 0 fully saturated rings. The minimum Gasteiger partial charge on any atom is -0.507 e. The van der Waals surface area contributed by atoms with Gasteiger partial charge in [0.25, 0.3) is 5.91 Å². The number of carbonyl (C=O) groups is 1. The van der Waals surface area contributed by atoms with Crippen LogP contribution in [0, 0.1) is 0 Å². The topological polar surface area (TPSA) is 100 Å². The number of para-hydroxylation sites is 1. The monoisotopic (exact) mass is 346 g/mol. The summed E-state index contributed by atoms with van der Waals surface area (Å²) < 4.78 is 10.3. The van der Waals surface area contributed by atoms with Crippen LogP contribution < -0.4 is 14.9 Å². The summed E-state index contributed by atoms with van der Waals surface area (Å²) in [7, 11) is 3.10. The van der Waals surface area contributed by atoms with Gasteiger partial charge in [-0.3, -0.25) is 4.79 Å². The molecule has 0 unspecified atom stereocenters. The first kappa shape index (κ1) is 20.0. The summed E-state index contributed by atoms with van der Waals surface area (Å²) in [4.78, 5) is 11.9. The fourth-order valence-corrected chi connectivity index (χ4v) is 1.81. The molecule has 0 saturated carbocycles. The van der Waals surface area contributed by atoms with Gasteiger partial charge in [0.2, 0.25) is 0 Å². The van der Waals surface area contributed by atoms with E-state index in [-0.39, 0.29) is 17.9 Å². The predicted octanol–water partition coefficient (Wildman–Crippen LogP) is 2.17. The SMILES string of the molecule is CCO.COc1ccc(/C=N/NC(=O)c2ccccc2O)c(OC)c1. The number of ether oxygens (including phenoxy) is 2. The maximum atomic E-state index is 11.9. The minimum atomic E-state index is -0.498. The van der Waals surface area contributed by atoms with Crippen molar-refractivity contribution in [1.29, 1.82) is 0 Å². The van der Waals surface area contributed by atoms with E-state index in [1.807, 2.05) is 0 Å². The molecule has 0 aliphatic heterocycles. The lowest BCUT2D eigenvalue weighted by Crippen LogP contribution is -2.17. The molecular formula is C18H22N2O5. The van der Waals surface area contributed by atoms with Gasteiger partial charge in [0, 0.05) is 18.2 Å². The molecule has 0 spiro atoms. The van der Waals surface area contributed by atoms with Gasteiger partial charge >= 0.3 is 0 Å². The van der Waals surface area contributed by atoms with Crippen molar-refractivity contribution in [3.8, 4) is 17.2 Å². The molecule has 25 heavy (non-hydrogen) atoms. The van der Waals surface area contributed by atoms with Crippen molar-refractivity contribution in [2.45, 2.75) is 6.92 Å². The summed E-state index contributed by atoms with van der Waals surface area (Å²) in [6.07, 6.45) is 1.45. The highest BCUT2D eigenvalue weighted by Gasteiger charge is 2.09. The Bertz CT molecular complexity index is 716. The smallest absolute Gasteiger partial charge is 0.275 e. The van der Waals surface area contributed by atoms with E-state index in [0.717, 1.165) is 0 Å². The van der Waals surface area contributed by atoms with E-state index in [9.17, 15) is 9.90 Å². The van der Waals surface area contributed by atoms with Crippen molar-refractivity contribution >= 4 is 12.1 Å². The second-order valence-corrected chi connectivity index (χ2v) is 4.64. The van der Waals surface area contributed by atoms with Crippen molar-refractivity contribution in [3.63, 3.8) is 0 Å². The van der Waals surface area contributed by atoms with Gasteiger partial charge in [-0.1, -0.05) is 12.1 Å². The molecular weight excluding hydrogens is 324 g/mol. The summed E-state index contributed by atoms with van der Waals surface area (Å²) >= 11 is 0. The van der Waals surface area contributed by atoms with Crippen molar-refractivity contribution in [1.82, 2.24) is 5.43 Å². The van der Waals surface area contributed by atoms with Gasteiger partial charge in [0.1, 0.15) is 17.2 Å². The number of carbonyl (C=O) groups excluding carboxylic acids is 1. The number of nitrogens with zero attached hydrogens (tertiary/aromatic N) is 1. The Hall–Kier alpha value is -3.06. The first-order valence-corrected chi connectivity index (χ1v) is 7.51. The van der Waals surface area contributed by atoms with Gasteiger partial charge in [-0.2, -0.15) is 5.10 Å². The zero-order chi connectivity index (χ0) is 18.7. The molecule has 0 atom stereocenters. The normalized spacial score (nSPS) is 9.92. The second kappa shape index (κ2) is 10.7. The second-order valence-electron chi connectivity index (χ2n) is 4.64. The van der Waals surface area contributed by atoms with E-state index >= 15 is 0 Å². The first-order valence-electron chi connectivity index (χ1n) is 7.51. The number of aliphatic hydroxyl groups is 1. The molecule has 2 rings (SSSR count). The number of hydrogen-bond acceptors (Lipinski definition) is 6. The number of hydrogen-bond donors (Lipinski definition) is 3. The van der Waals surface area contributed by atoms with E-state index in [4.69, 9.17) is 14.6 Å². The number of benzene rings is 2. The summed E-state index contributed by atoms with van der Waals surface area (Å²) in [6.45, 7) is 1.93. The van der Waals surface area contributed by atoms with Crippen LogP contribution in [0.4, 0.5) is 0 Å². The van der Waals surface area contributed by atoms with E-state index in [0.29, 0.717) is 17.1 Å². The lowest BCUT2D eigenvalue weighted by atomic mass is 10.2. The summed E-state index contributed by atoms with van der Waals surface area (Å²) in [5, 5.41) is 21.0. The molecule has 7 nitrogen and oxygen atoms in total. The van der Waals surface area contributed by atoms with Gasteiger partial charge in [-0.25, -0.2) is 5.43 Å². The highest BCUT2D eigenvalue weighted by molar-refractivity contribution is 5.97. The molecule has 3 N–H and O–H groups in total. The van der Waals surface area contributed by atoms with Crippen LogP contribution in [0.25, 0.3) is 0 Å². The molecule has 7 heteroatoms. The average molecular weight is 346 g/mol. The van der Waals surface area contributed by atoms with Crippen LogP contribution in [0.2, 0.25) is 0 Å². The lowest BCUT2D eigenvalue weighted by molar-refractivity contribution is 0.0952. The molecule has 2 aromatic carbocycles. The van der Waals surface area contributed by atoms with Crippen LogP contribution in [0.3, 0.4) is 0 Å². The number of nitrogens with one attached hydrogen (secondary N) is 1. The zero-order valence-electron chi connectivity index (χ0n) is 14.4. The maximum Gasteiger partial charge on any atom is 0.275 e. The Morgan fingerprint density at radius 2 is 1.88 bits per heavy atom. The lowest BCUT2D eigenvalue weighted by Gasteiger charge is -2.07. The number of rotatable bonds is 5. The standard InChI is InChI=1S/C16H16N2O4.C2H6O/c1-21-12-8-7-11(15(9-12)22-2)10-17-18-16(20)13-5-3-4-6-14(13)19;1-2-3/h3-10,19H,1-2H3,(H,18,20);3H,2H2,1H3/b17-10+;. The number of methoxy groups -OCH3 is 2. The quantitative estimate of drug-likeness (QED) is 0.569. The summed E-state index contributed by atoms with van der Waals surface area (Å²) in [5.41, 5.74) is 3.19. The Labute approximate surface area is 146 Å². The van der Waals surface area contributed by atoms with Crippen LogP contribution in [0.15, 0.2) is 47.6 Å². The molecule has 0 saturated heterocycles. The third kappa shape index (κ3) is 6.15. The van der Waals surface area contributed by atoms with Gasteiger partial charge in [-0.05, 0) is 31.2 Å². The molecule has 0 heterocycles. The molecule has 0 bridgehead atoms. The number of hydrazone groups is 1. The number of amides is 1. The van der Waals surface area contributed by atoms with Crippen molar-refractivity contribution in [3.05, 3.63) is 53.6 Å². The predicted molar refractivity (Wildman–Crippen MR) is 95.5 cm³/mol. The van der Waals surface area contributed by atoms with Gasteiger partial charge < -0.3 is 19.7 Å². The Kier molecular flexibility index (Phi) is 8.53. The fraction of sp³-hybridized carbons (Fsp3) is 0.222. The number of phenols is 1. The third-order valence-corrected chi connectivity index (χ3v) is 2.96. The van der Waals surface area contributed by atoms with Crippen LogP contribution in [0.5, 0.6) is 17.2 Å². The third-order valence-electron chi connectivity index (χ3n) is 2.96. The minimum absolute atomic E-state index is 0.0998. The Morgan fingerprint density at radius 3 is 2.48 bits per heavy atom. The molecule has 1 amide bonds. The molecule has 0 aromatic heterocycles. The fourth-order valence-electron chi connectivity index (χ4n) is 1.81. The largest absolute Gasteiger partial charge is 0.507 e. The molecule has 0 aliphatic carbocycles. The van der Waals surface area contributed by atoms with Crippen LogP contribution in [-0.4, -0.2) is 43.2 Å². The zero-order valence-corrected chi connectivity index (χ0v) is 14.4. The van der Waals surface area contributed by atoms with E-state index < -0.39 is 5.91 Å². The Morgan fingerprint density at radius 1 is 1.20 bits per heavy atom. The van der Waals surface area contributed by atoms with Gasteiger partial charge in [-0.15, -0.1) is 0 Å². The summed E-state index contributed by atoms with van der Waals surface area (Å²) in [5.74, 6) is 0.631. The highest BCUT2D eigenvalue weighted by atomic mass is 16.5. The molecule has 2 aromatic rings. The number of phenolic OH excluding ortho intramolecular Hbond substituents is 1. The van der Waals surface area contributed by atoms with Crippen molar-refractivity contribution < 1.29 is 24.5 Å². The van der Waals surface area contributed by atoms with Crippen LogP contribution >= 0.6 is 0 Å². The van der Waals surface area contributed by atoms with Gasteiger partial charge in [0.05, 0.1) is 26.0 Å². The van der Waals surface area contributed by atoms with Gasteiger partial charge in [0.15, 0.2) is 0 Å².